The molecule has 17 heavy (non-hydrogen) atoms. The van der Waals surface area contributed by atoms with Crippen molar-refractivity contribution in [3.63, 3.8) is 0 Å². The van der Waals surface area contributed by atoms with Crippen molar-refractivity contribution in [3.8, 4) is 0 Å². The maximum Gasteiger partial charge on any atom is 0.134 e. The van der Waals surface area contributed by atoms with Crippen molar-refractivity contribution in [1.82, 2.24) is 9.97 Å². The summed E-state index contributed by atoms with van der Waals surface area (Å²) in [7, 11) is 1.93. The van der Waals surface area contributed by atoms with E-state index >= 15 is 0 Å². The van der Waals surface area contributed by atoms with Crippen molar-refractivity contribution in [2.75, 3.05) is 12.4 Å². The number of nitrogens with one attached hydrogen (secondary N) is 1. The molecule has 1 fully saturated rings. The van der Waals surface area contributed by atoms with Gasteiger partial charge in [0.15, 0.2) is 0 Å². The summed E-state index contributed by atoms with van der Waals surface area (Å²) in [6.45, 7) is 4.52. The number of hydrogen-bond donors (Lipinski definition) is 1. The molecular formula is C14H23N3. The van der Waals surface area contributed by atoms with Gasteiger partial charge in [0.25, 0.3) is 0 Å². The Morgan fingerprint density at radius 1 is 1.35 bits per heavy atom. The van der Waals surface area contributed by atoms with Gasteiger partial charge in [-0.25, -0.2) is 9.97 Å². The lowest BCUT2D eigenvalue weighted by Gasteiger charge is -2.12. The highest BCUT2D eigenvalue weighted by Crippen LogP contribution is 2.36. The number of rotatable bonds is 4. The molecule has 0 spiro atoms. The molecule has 1 aromatic rings. The Kier molecular flexibility index (Phi) is 3.97. The molecule has 0 bridgehead atoms. The lowest BCUT2D eigenvalue weighted by Crippen LogP contribution is -2.07. The Morgan fingerprint density at radius 3 is 2.76 bits per heavy atom. The third-order valence-corrected chi connectivity index (χ3v) is 3.62. The van der Waals surface area contributed by atoms with E-state index < -0.39 is 0 Å². The summed E-state index contributed by atoms with van der Waals surface area (Å²) >= 11 is 0. The van der Waals surface area contributed by atoms with Crippen molar-refractivity contribution >= 4 is 5.82 Å². The zero-order chi connectivity index (χ0) is 12.3. The smallest absolute Gasteiger partial charge is 0.134 e. The van der Waals surface area contributed by atoms with Crippen LogP contribution in [0, 0.1) is 5.92 Å². The van der Waals surface area contributed by atoms with Gasteiger partial charge in [-0.15, -0.1) is 0 Å². The van der Waals surface area contributed by atoms with E-state index in [0.29, 0.717) is 5.92 Å². The van der Waals surface area contributed by atoms with Crippen molar-refractivity contribution in [3.05, 3.63) is 17.6 Å². The first kappa shape index (κ1) is 12.3. The summed E-state index contributed by atoms with van der Waals surface area (Å²) in [5, 5.41) is 3.15. The van der Waals surface area contributed by atoms with E-state index in [9.17, 15) is 0 Å². The van der Waals surface area contributed by atoms with Crippen LogP contribution >= 0.6 is 0 Å². The Bertz CT molecular complexity index is 376. The second-order valence-corrected chi connectivity index (χ2v) is 5.22. The monoisotopic (exact) mass is 233 g/mol. The number of nitrogens with zero attached hydrogens (tertiary/aromatic N) is 2. The van der Waals surface area contributed by atoms with Crippen LogP contribution in [0.5, 0.6) is 0 Å². The van der Waals surface area contributed by atoms with E-state index in [1.165, 1.54) is 25.0 Å². The van der Waals surface area contributed by atoms with Gasteiger partial charge in [0, 0.05) is 24.7 Å². The van der Waals surface area contributed by atoms with Gasteiger partial charge in [-0.2, -0.15) is 0 Å². The highest BCUT2D eigenvalue weighted by molar-refractivity contribution is 5.35. The van der Waals surface area contributed by atoms with Gasteiger partial charge < -0.3 is 5.32 Å². The molecule has 94 valence electrons. The third-order valence-electron chi connectivity index (χ3n) is 3.62. The van der Waals surface area contributed by atoms with Gasteiger partial charge >= 0.3 is 0 Å². The molecule has 2 unspecified atom stereocenters. The predicted molar refractivity (Wildman–Crippen MR) is 71.3 cm³/mol. The van der Waals surface area contributed by atoms with Gasteiger partial charge in [-0.05, 0) is 31.6 Å². The fourth-order valence-electron chi connectivity index (χ4n) is 2.65. The normalized spacial score (nSPS) is 23.9. The molecule has 3 nitrogen and oxygen atoms in total. The van der Waals surface area contributed by atoms with Crippen LogP contribution in [0.1, 0.15) is 57.0 Å². The molecule has 1 saturated carbocycles. The molecule has 3 heteroatoms. The number of anilines is 1. The third kappa shape index (κ3) is 2.96. The zero-order valence-corrected chi connectivity index (χ0v) is 11.2. The lowest BCUT2D eigenvalue weighted by molar-refractivity contribution is 0.583. The topological polar surface area (TPSA) is 37.8 Å². The average molecular weight is 233 g/mol. The van der Waals surface area contributed by atoms with E-state index in [1.807, 2.05) is 7.05 Å². The van der Waals surface area contributed by atoms with Gasteiger partial charge in [0.1, 0.15) is 11.6 Å². The molecule has 1 heterocycles. The van der Waals surface area contributed by atoms with E-state index in [-0.39, 0.29) is 0 Å². The molecule has 2 rings (SSSR count). The maximum absolute atomic E-state index is 4.74. The van der Waals surface area contributed by atoms with E-state index in [4.69, 9.17) is 4.98 Å². The van der Waals surface area contributed by atoms with E-state index in [2.05, 4.69) is 30.2 Å². The summed E-state index contributed by atoms with van der Waals surface area (Å²) in [5.74, 6) is 3.44. The Balaban J connectivity index is 2.23. The van der Waals surface area contributed by atoms with E-state index in [0.717, 1.165) is 30.4 Å². The Labute approximate surface area is 104 Å². The van der Waals surface area contributed by atoms with Crippen LogP contribution in [0.15, 0.2) is 6.07 Å². The molecular weight excluding hydrogens is 210 g/mol. The number of hydrogen-bond acceptors (Lipinski definition) is 3. The molecule has 1 N–H and O–H groups in total. The fraction of sp³-hybridized carbons (Fsp3) is 0.714. The van der Waals surface area contributed by atoms with Crippen LogP contribution in [0.2, 0.25) is 0 Å². The van der Waals surface area contributed by atoms with Gasteiger partial charge in [0.05, 0.1) is 0 Å². The largest absolute Gasteiger partial charge is 0.373 e. The predicted octanol–water partition coefficient (Wildman–Crippen LogP) is 3.37. The summed E-state index contributed by atoms with van der Waals surface area (Å²) in [4.78, 5) is 9.36. The maximum atomic E-state index is 4.74. The fourth-order valence-corrected chi connectivity index (χ4v) is 2.65. The Hall–Kier alpha value is -1.12. The van der Waals surface area contributed by atoms with Crippen LogP contribution in [0.3, 0.4) is 0 Å². The van der Waals surface area contributed by atoms with Crippen LogP contribution in [0.4, 0.5) is 5.82 Å². The SMILES string of the molecule is CCCc1cc(NC)nc(C2CCC(C)C2)n1. The zero-order valence-electron chi connectivity index (χ0n) is 11.2. The van der Waals surface area contributed by atoms with Gasteiger partial charge in [0.2, 0.25) is 0 Å². The molecule has 1 aromatic heterocycles. The molecule has 0 radical (unpaired) electrons. The lowest BCUT2D eigenvalue weighted by atomic mass is 10.1. The molecule has 1 aliphatic carbocycles. The van der Waals surface area contributed by atoms with Crippen LogP contribution in [-0.4, -0.2) is 17.0 Å². The number of aryl methyl sites for hydroxylation is 1. The summed E-state index contributed by atoms with van der Waals surface area (Å²) in [5.41, 5.74) is 1.18. The highest BCUT2D eigenvalue weighted by Gasteiger charge is 2.25. The van der Waals surface area contributed by atoms with Gasteiger partial charge in [-0.3, -0.25) is 0 Å². The molecule has 1 aliphatic rings. The minimum Gasteiger partial charge on any atom is -0.373 e. The van der Waals surface area contributed by atoms with Crippen LogP contribution in [-0.2, 0) is 6.42 Å². The second-order valence-electron chi connectivity index (χ2n) is 5.22. The first-order valence-electron chi connectivity index (χ1n) is 6.78. The molecule has 0 saturated heterocycles. The Morgan fingerprint density at radius 2 is 2.18 bits per heavy atom. The minimum absolute atomic E-state index is 0.578. The van der Waals surface area contributed by atoms with Crippen molar-refractivity contribution in [2.45, 2.75) is 51.9 Å². The summed E-state index contributed by atoms with van der Waals surface area (Å²) in [6.07, 6.45) is 6.01. The second kappa shape index (κ2) is 5.48. The summed E-state index contributed by atoms with van der Waals surface area (Å²) in [6, 6.07) is 2.07. The van der Waals surface area contributed by atoms with Crippen molar-refractivity contribution in [1.29, 1.82) is 0 Å². The van der Waals surface area contributed by atoms with Crippen LogP contribution in [0.25, 0.3) is 0 Å². The summed E-state index contributed by atoms with van der Waals surface area (Å²) < 4.78 is 0. The average Bonchev–Trinajstić information content (AvgIpc) is 2.76. The van der Waals surface area contributed by atoms with Crippen LogP contribution < -0.4 is 5.32 Å². The standard InChI is InChI=1S/C14H23N3/c1-4-5-12-9-13(15-3)17-14(16-12)11-7-6-10(2)8-11/h9-11H,4-8H2,1-3H3,(H,15,16,17). The van der Waals surface area contributed by atoms with Gasteiger partial charge in [-0.1, -0.05) is 20.3 Å². The molecule has 0 aliphatic heterocycles. The van der Waals surface area contributed by atoms with Crippen molar-refractivity contribution < 1.29 is 0 Å². The molecule has 2 atom stereocenters. The first-order valence-corrected chi connectivity index (χ1v) is 6.78. The van der Waals surface area contributed by atoms with Crippen molar-refractivity contribution in [2.24, 2.45) is 5.92 Å². The highest BCUT2D eigenvalue weighted by atomic mass is 15.0. The quantitative estimate of drug-likeness (QED) is 0.866. The van der Waals surface area contributed by atoms with E-state index in [1.54, 1.807) is 0 Å². The number of aromatic nitrogens is 2. The minimum atomic E-state index is 0.578. The first-order chi connectivity index (χ1) is 8.22. The molecule has 0 amide bonds. The molecule has 0 aromatic carbocycles.